The maximum Gasteiger partial charge on any atom is 0.326 e. The van der Waals surface area contributed by atoms with Crippen molar-refractivity contribution in [1.29, 1.82) is 0 Å². The highest BCUT2D eigenvalue weighted by atomic mass is 16.6. The molecule has 0 aliphatic rings. The molecular weight excluding hydrogens is 284 g/mol. The minimum absolute atomic E-state index is 0.0553. The first kappa shape index (κ1) is 18.2. The molecule has 6 heteroatoms. The molecule has 0 spiro atoms. The summed E-state index contributed by atoms with van der Waals surface area (Å²) in [4.78, 5) is 28.6. The number of imidazole rings is 1. The lowest BCUT2D eigenvalue weighted by atomic mass is 9.92. The zero-order valence-corrected chi connectivity index (χ0v) is 14.3. The number of carbonyl (C=O) groups excluding carboxylic acids is 2. The van der Waals surface area contributed by atoms with Crippen LogP contribution in [0, 0.1) is 5.41 Å². The Balaban J connectivity index is 3.15. The van der Waals surface area contributed by atoms with Crippen molar-refractivity contribution >= 4 is 11.9 Å². The summed E-state index contributed by atoms with van der Waals surface area (Å²) in [5.41, 5.74) is 0.552. The molecule has 0 radical (unpaired) electrons. The lowest BCUT2D eigenvalue weighted by molar-refractivity contribution is -0.157. The van der Waals surface area contributed by atoms with E-state index in [0.29, 0.717) is 5.69 Å². The van der Waals surface area contributed by atoms with Gasteiger partial charge in [-0.25, -0.2) is 4.98 Å². The lowest BCUT2D eigenvalue weighted by Crippen LogP contribution is -2.28. The first-order chi connectivity index (χ1) is 10.2. The van der Waals surface area contributed by atoms with Crippen LogP contribution in [0.1, 0.15) is 52.1 Å². The molecule has 0 aliphatic carbocycles. The van der Waals surface area contributed by atoms with E-state index in [9.17, 15) is 9.59 Å². The number of hydrogen-bond donors (Lipinski definition) is 0. The SMILES string of the molecule is CCOC(=O)C(C(=O)OCC)c1cnc(CC(C)(C)C)n1C. The first-order valence-corrected chi connectivity index (χ1v) is 7.55. The number of hydrogen-bond acceptors (Lipinski definition) is 5. The zero-order valence-electron chi connectivity index (χ0n) is 14.3. The van der Waals surface area contributed by atoms with Gasteiger partial charge in [0.05, 0.1) is 18.9 Å². The Morgan fingerprint density at radius 2 is 1.68 bits per heavy atom. The van der Waals surface area contributed by atoms with Gasteiger partial charge in [-0.2, -0.15) is 0 Å². The van der Waals surface area contributed by atoms with E-state index in [2.05, 4.69) is 25.8 Å². The Kier molecular flexibility index (Phi) is 6.14. The van der Waals surface area contributed by atoms with Crippen LogP contribution in [0.15, 0.2) is 6.20 Å². The van der Waals surface area contributed by atoms with Gasteiger partial charge < -0.3 is 14.0 Å². The molecule has 22 heavy (non-hydrogen) atoms. The van der Waals surface area contributed by atoms with Crippen molar-refractivity contribution in [2.45, 2.75) is 47.0 Å². The highest BCUT2D eigenvalue weighted by Crippen LogP contribution is 2.24. The third kappa shape index (κ3) is 4.58. The molecule has 1 heterocycles. The Labute approximate surface area is 131 Å². The van der Waals surface area contributed by atoms with Crippen molar-refractivity contribution in [2.75, 3.05) is 13.2 Å². The standard InChI is InChI=1S/C16H26N2O4/c1-7-21-14(19)13(15(20)22-8-2)11-10-17-12(18(11)6)9-16(3,4)5/h10,13H,7-9H2,1-6H3. The normalized spacial score (nSPS) is 11.6. The van der Waals surface area contributed by atoms with E-state index in [-0.39, 0.29) is 18.6 Å². The fourth-order valence-electron chi connectivity index (χ4n) is 2.16. The molecule has 0 bridgehead atoms. The van der Waals surface area contributed by atoms with Crippen LogP contribution >= 0.6 is 0 Å². The summed E-state index contributed by atoms with van der Waals surface area (Å²) >= 11 is 0. The number of esters is 2. The van der Waals surface area contributed by atoms with E-state index in [1.54, 1.807) is 31.7 Å². The van der Waals surface area contributed by atoms with Crippen molar-refractivity contribution in [1.82, 2.24) is 9.55 Å². The molecule has 1 aromatic rings. The Morgan fingerprint density at radius 3 is 2.09 bits per heavy atom. The molecule has 0 N–H and O–H groups in total. The van der Waals surface area contributed by atoms with Gasteiger partial charge in [-0.1, -0.05) is 20.8 Å². The van der Waals surface area contributed by atoms with Crippen LogP contribution in [-0.4, -0.2) is 34.7 Å². The first-order valence-electron chi connectivity index (χ1n) is 7.55. The highest BCUT2D eigenvalue weighted by molar-refractivity contribution is 6.00. The lowest BCUT2D eigenvalue weighted by Gasteiger charge is -2.19. The third-order valence-corrected chi connectivity index (χ3v) is 3.15. The van der Waals surface area contributed by atoms with E-state index < -0.39 is 17.9 Å². The minimum atomic E-state index is -1.09. The number of ether oxygens (including phenoxy) is 2. The molecule has 6 nitrogen and oxygen atoms in total. The average Bonchev–Trinajstić information content (AvgIpc) is 2.71. The predicted molar refractivity (Wildman–Crippen MR) is 82.4 cm³/mol. The topological polar surface area (TPSA) is 70.4 Å². The van der Waals surface area contributed by atoms with E-state index in [1.807, 2.05) is 0 Å². The van der Waals surface area contributed by atoms with Gasteiger partial charge in [0, 0.05) is 19.7 Å². The van der Waals surface area contributed by atoms with Gasteiger partial charge in [-0.05, 0) is 19.3 Å². The van der Waals surface area contributed by atoms with Gasteiger partial charge in [-0.15, -0.1) is 0 Å². The Morgan fingerprint density at radius 1 is 1.18 bits per heavy atom. The fourth-order valence-corrected chi connectivity index (χ4v) is 2.16. The molecule has 0 atom stereocenters. The zero-order chi connectivity index (χ0) is 16.9. The number of aromatic nitrogens is 2. The summed E-state index contributed by atoms with van der Waals surface area (Å²) in [7, 11) is 1.80. The molecule has 0 amide bonds. The van der Waals surface area contributed by atoms with E-state index in [0.717, 1.165) is 12.2 Å². The molecule has 1 aromatic heterocycles. The summed E-state index contributed by atoms with van der Waals surface area (Å²) in [6, 6.07) is 0. The minimum Gasteiger partial charge on any atom is -0.465 e. The second-order valence-electron chi connectivity index (χ2n) is 6.33. The van der Waals surface area contributed by atoms with Crippen molar-refractivity contribution in [3.63, 3.8) is 0 Å². The van der Waals surface area contributed by atoms with Crippen LogP contribution in [0.25, 0.3) is 0 Å². The molecule has 0 fully saturated rings. The molecule has 124 valence electrons. The summed E-state index contributed by atoms with van der Waals surface area (Å²) < 4.78 is 11.8. The molecule has 0 aromatic carbocycles. The van der Waals surface area contributed by atoms with Crippen molar-refractivity contribution < 1.29 is 19.1 Å². The largest absolute Gasteiger partial charge is 0.465 e. The van der Waals surface area contributed by atoms with E-state index >= 15 is 0 Å². The maximum absolute atomic E-state index is 12.1. The summed E-state index contributed by atoms with van der Waals surface area (Å²) in [5, 5.41) is 0. The van der Waals surface area contributed by atoms with Crippen LogP contribution < -0.4 is 0 Å². The van der Waals surface area contributed by atoms with Crippen LogP contribution in [0.5, 0.6) is 0 Å². The molecular formula is C16H26N2O4. The van der Waals surface area contributed by atoms with Gasteiger partial charge in [0.25, 0.3) is 0 Å². The fraction of sp³-hybridized carbons (Fsp3) is 0.688. The highest BCUT2D eigenvalue weighted by Gasteiger charge is 2.34. The summed E-state index contributed by atoms with van der Waals surface area (Å²) in [6.45, 7) is 10.1. The Bertz CT molecular complexity index is 511. The van der Waals surface area contributed by atoms with Gasteiger partial charge in [0.1, 0.15) is 5.82 Å². The van der Waals surface area contributed by atoms with Crippen molar-refractivity contribution in [3.8, 4) is 0 Å². The Hall–Kier alpha value is -1.85. The van der Waals surface area contributed by atoms with Crippen LogP contribution in [-0.2, 0) is 32.5 Å². The quantitative estimate of drug-likeness (QED) is 0.595. The van der Waals surface area contributed by atoms with Crippen LogP contribution in [0.2, 0.25) is 0 Å². The van der Waals surface area contributed by atoms with E-state index in [4.69, 9.17) is 9.47 Å². The smallest absolute Gasteiger partial charge is 0.326 e. The monoisotopic (exact) mass is 310 g/mol. The molecule has 1 rings (SSSR count). The van der Waals surface area contributed by atoms with Gasteiger partial charge in [0.15, 0.2) is 5.92 Å². The van der Waals surface area contributed by atoms with Gasteiger partial charge in [0.2, 0.25) is 0 Å². The average molecular weight is 310 g/mol. The summed E-state index contributed by atoms with van der Waals surface area (Å²) in [6.07, 6.45) is 2.29. The van der Waals surface area contributed by atoms with Gasteiger partial charge >= 0.3 is 11.9 Å². The predicted octanol–water partition coefficient (Wildman–Crippen LogP) is 2.22. The van der Waals surface area contributed by atoms with E-state index in [1.165, 1.54) is 0 Å². The van der Waals surface area contributed by atoms with Crippen molar-refractivity contribution in [3.05, 3.63) is 17.7 Å². The second kappa shape index (κ2) is 7.42. The van der Waals surface area contributed by atoms with Gasteiger partial charge in [-0.3, -0.25) is 9.59 Å². The van der Waals surface area contributed by atoms with Crippen LogP contribution in [0.4, 0.5) is 0 Å². The number of rotatable bonds is 6. The number of carbonyl (C=O) groups is 2. The molecule has 0 aliphatic heterocycles. The molecule has 0 unspecified atom stereocenters. The van der Waals surface area contributed by atoms with Crippen molar-refractivity contribution in [2.24, 2.45) is 12.5 Å². The number of nitrogens with zero attached hydrogens (tertiary/aromatic N) is 2. The molecule has 0 saturated heterocycles. The molecule has 0 saturated carbocycles. The third-order valence-electron chi connectivity index (χ3n) is 3.15. The van der Waals surface area contributed by atoms with Crippen LogP contribution in [0.3, 0.4) is 0 Å². The second-order valence-corrected chi connectivity index (χ2v) is 6.33. The maximum atomic E-state index is 12.1. The summed E-state index contributed by atoms with van der Waals surface area (Å²) in [5.74, 6) is -1.48.